The van der Waals surface area contributed by atoms with Crippen LogP contribution in [0.25, 0.3) is 0 Å². The van der Waals surface area contributed by atoms with Crippen LogP contribution in [0.2, 0.25) is 0 Å². The van der Waals surface area contributed by atoms with E-state index in [-0.39, 0.29) is 11.0 Å². The molecule has 0 amide bonds. The van der Waals surface area contributed by atoms with Gasteiger partial charge in [-0.05, 0) is 103 Å². The maximum absolute atomic E-state index is 2.37. The van der Waals surface area contributed by atoms with Gasteiger partial charge in [-0.2, -0.15) is 0 Å². The molecule has 4 nitrogen and oxygen atoms in total. The number of hydrogen-bond acceptors (Lipinski definition) is 2. The quantitative estimate of drug-likeness (QED) is 0.0555. The Morgan fingerprint density at radius 3 is 0.524 bits per heavy atom. The van der Waals surface area contributed by atoms with Crippen molar-refractivity contribution in [2.45, 2.75) is 196 Å². The molecule has 0 aromatic heterocycles. The minimum absolute atomic E-state index is 0. The van der Waals surface area contributed by atoms with Crippen LogP contribution in [0.1, 0.15) is 196 Å². The maximum Gasteiger partial charge on any atom is 0.0786 e. The van der Waals surface area contributed by atoms with Crippen molar-refractivity contribution < 1.29 is 19.9 Å². The van der Waals surface area contributed by atoms with Gasteiger partial charge < -0.3 is 19.9 Å². The number of rotatable bonds is 33. The zero-order valence-corrected chi connectivity index (χ0v) is 30.4. The lowest BCUT2D eigenvalue weighted by atomic mass is 10.1. The van der Waals surface area contributed by atoms with Gasteiger partial charge in [-0.15, -0.1) is 0 Å². The molecule has 2 N–H and O–H groups in total. The van der Waals surface area contributed by atoms with E-state index in [1.54, 1.807) is 0 Å². The fourth-order valence-electron chi connectivity index (χ4n) is 7.13. The lowest BCUT2D eigenvalue weighted by Gasteiger charge is -2.40. The van der Waals surface area contributed by atoms with Gasteiger partial charge in [0.25, 0.3) is 0 Å². The monoisotopic (exact) mass is 601 g/mol. The number of quaternary nitrogens is 2. The molecule has 0 atom stereocenters. The van der Waals surface area contributed by atoms with Gasteiger partial charge in [-0.3, -0.25) is 0 Å². The summed E-state index contributed by atoms with van der Waals surface area (Å²) in [6, 6.07) is 0. The third-order valence-corrected chi connectivity index (χ3v) is 9.93. The average molecular weight is 601 g/mol. The second-order valence-corrected chi connectivity index (χ2v) is 13.8. The topological polar surface area (TPSA) is 60.0 Å². The maximum atomic E-state index is 2.37. The molecule has 0 saturated heterocycles. The molecule has 0 radical (unpaired) electrons. The Morgan fingerprint density at radius 1 is 0.214 bits per heavy atom. The van der Waals surface area contributed by atoms with Gasteiger partial charge in [0.15, 0.2) is 0 Å². The molecule has 0 unspecified atom stereocenters. The van der Waals surface area contributed by atoms with Gasteiger partial charge in [-0.1, -0.05) is 92.9 Å². The molecule has 0 aromatic carbocycles. The predicted octanol–water partition coefficient (Wildman–Crippen LogP) is 11.7. The summed E-state index contributed by atoms with van der Waals surface area (Å²) in [7, 11) is 0. The van der Waals surface area contributed by atoms with Gasteiger partial charge in [-0.25, -0.2) is 0 Å². The first-order valence-electron chi connectivity index (χ1n) is 19.3. The molecule has 0 aromatic rings. The summed E-state index contributed by atoms with van der Waals surface area (Å²) in [6.07, 6.45) is 34.2. The Morgan fingerprint density at radius 2 is 0.357 bits per heavy atom. The molecule has 0 heterocycles. The molecule has 0 rings (SSSR count). The van der Waals surface area contributed by atoms with Crippen molar-refractivity contribution in [1.29, 1.82) is 0 Å². The smallest absolute Gasteiger partial charge is 0.0786 e. The van der Waals surface area contributed by atoms with Crippen LogP contribution in [0.5, 0.6) is 0 Å². The molecule has 0 bridgehead atoms. The molecule has 0 spiro atoms. The largest absolute Gasteiger partial charge is 0.870 e. The lowest BCUT2D eigenvalue weighted by molar-refractivity contribution is -0.929. The second kappa shape index (κ2) is 33.7. The van der Waals surface area contributed by atoms with Crippen LogP contribution < -0.4 is 0 Å². The molecular formula is C38H84N2O2. The summed E-state index contributed by atoms with van der Waals surface area (Å²) in [5, 5.41) is 0. The van der Waals surface area contributed by atoms with Gasteiger partial charge in [0.05, 0.1) is 52.4 Å². The second-order valence-electron chi connectivity index (χ2n) is 13.8. The Hall–Kier alpha value is -0.160. The van der Waals surface area contributed by atoms with E-state index in [4.69, 9.17) is 0 Å². The van der Waals surface area contributed by atoms with E-state index in [9.17, 15) is 0 Å². The van der Waals surface area contributed by atoms with Crippen molar-refractivity contribution >= 4 is 0 Å². The minimum Gasteiger partial charge on any atom is -0.870 e. The highest BCUT2D eigenvalue weighted by atomic mass is 16.0. The summed E-state index contributed by atoms with van der Waals surface area (Å²) in [6.45, 7) is 25.9. The van der Waals surface area contributed by atoms with Crippen LogP contribution in [-0.2, 0) is 0 Å². The van der Waals surface area contributed by atoms with Crippen molar-refractivity contribution in [3.8, 4) is 0 Å². The average Bonchev–Trinajstić information content (AvgIpc) is 2.95. The molecule has 0 aliphatic carbocycles. The van der Waals surface area contributed by atoms with E-state index in [2.05, 4.69) is 41.5 Å². The summed E-state index contributed by atoms with van der Waals surface area (Å²) in [4.78, 5) is 0. The Balaban J connectivity index is -0.00000760. The van der Waals surface area contributed by atoms with E-state index in [0.717, 1.165) is 0 Å². The van der Waals surface area contributed by atoms with Crippen LogP contribution >= 0.6 is 0 Å². The van der Waals surface area contributed by atoms with Gasteiger partial charge in [0, 0.05) is 0 Å². The molecule has 0 aliphatic rings. The number of hydrogen-bond donors (Lipinski definition) is 0. The first kappa shape index (κ1) is 46.3. The third kappa shape index (κ3) is 25.2. The minimum atomic E-state index is 0. The molecular weight excluding hydrogens is 516 g/mol. The van der Waals surface area contributed by atoms with Crippen LogP contribution in [0.4, 0.5) is 0 Å². The SMILES string of the molecule is CCCCC[N+](CCCCC)(CCCCC)CCCCCCCC[N+](CCCCC)(CCCCC)CCCCC.[OH-].[OH-]. The highest BCUT2D eigenvalue weighted by molar-refractivity contribution is 4.55. The summed E-state index contributed by atoms with van der Waals surface area (Å²) < 4.78 is 2.90. The highest BCUT2D eigenvalue weighted by Crippen LogP contribution is 2.21. The molecule has 0 saturated carbocycles. The lowest BCUT2D eigenvalue weighted by Crippen LogP contribution is -2.51. The highest BCUT2D eigenvalue weighted by Gasteiger charge is 2.27. The van der Waals surface area contributed by atoms with E-state index < -0.39 is 0 Å². The van der Waals surface area contributed by atoms with Crippen LogP contribution in [0.3, 0.4) is 0 Å². The Labute approximate surface area is 267 Å². The van der Waals surface area contributed by atoms with Crippen molar-refractivity contribution in [3.05, 3.63) is 0 Å². The first-order chi connectivity index (χ1) is 19.6. The normalized spacial score (nSPS) is 11.9. The summed E-state index contributed by atoms with van der Waals surface area (Å²) in [5.41, 5.74) is 0. The zero-order valence-electron chi connectivity index (χ0n) is 30.4. The molecule has 0 fully saturated rings. The molecule has 258 valence electrons. The van der Waals surface area contributed by atoms with E-state index >= 15 is 0 Å². The van der Waals surface area contributed by atoms with Crippen molar-refractivity contribution in [3.63, 3.8) is 0 Å². The van der Waals surface area contributed by atoms with Crippen LogP contribution in [0, 0.1) is 0 Å². The van der Waals surface area contributed by atoms with Crippen molar-refractivity contribution in [2.24, 2.45) is 0 Å². The number of nitrogens with zero attached hydrogens (tertiary/aromatic N) is 2. The fourth-order valence-corrected chi connectivity index (χ4v) is 7.13. The molecule has 42 heavy (non-hydrogen) atoms. The Kier molecular flexibility index (Phi) is 37.1. The predicted molar refractivity (Wildman–Crippen MR) is 188 cm³/mol. The number of unbranched alkanes of at least 4 members (excludes halogenated alkanes) is 17. The molecule has 0 aliphatic heterocycles. The van der Waals surface area contributed by atoms with E-state index in [0.29, 0.717) is 0 Å². The Bertz CT molecular complexity index is 402. The summed E-state index contributed by atoms with van der Waals surface area (Å²) >= 11 is 0. The first-order valence-corrected chi connectivity index (χ1v) is 19.3. The molecule has 4 heteroatoms. The van der Waals surface area contributed by atoms with Crippen molar-refractivity contribution in [2.75, 3.05) is 52.4 Å². The van der Waals surface area contributed by atoms with Gasteiger partial charge in [0.1, 0.15) is 0 Å². The zero-order chi connectivity index (χ0) is 29.6. The fraction of sp³-hybridized carbons (Fsp3) is 1.00. The van der Waals surface area contributed by atoms with Crippen LogP contribution in [0.15, 0.2) is 0 Å². The van der Waals surface area contributed by atoms with Crippen LogP contribution in [-0.4, -0.2) is 72.3 Å². The van der Waals surface area contributed by atoms with E-state index in [1.165, 1.54) is 215 Å². The standard InChI is InChI=1S/C38H82N2.2H2O/c1-7-13-23-31-39(32-24-14-8-2,33-25-15-9-3)37-29-21-19-20-22-30-38-40(34-26-16-10-4,35-27-17-11-5)36-28-18-12-6;;/h7-38H2,1-6H3;2*1H2/q+2;;/p-2. The van der Waals surface area contributed by atoms with Crippen molar-refractivity contribution in [1.82, 2.24) is 0 Å². The summed E-state index contributed by atoms with van der Waals surface area (Å²) in [5.74, 6) is 0. The third-order valence-electron chi connectivity index (χ3n) is 9.93. The van der Waals surface area contributed by atoms with Gasteiger partial charge >= 0.3 is 0 Å². The van der Waals surface area contributed by atoms with E-state index in [1.807, 2.05) is 0 Å². The van der Waals surface area contributed by atoms with Gasteiger partial charge in [0.2, 0.25) is 0 Å².